The number of rotatable bonds is 1. The molecule has 0 radical (unpaired) electrons. The summed E-state index contributed by atoms with van der Waals surface area (Å²) in [5.74, 6) is 0.724. The van der Waals surface area contributed by atoms with Crippen LogP contribution in [0.2, 0.25) is 0 Å². The van der Waals surface area contributed by atoms with Crippen LogP contribution in [-0.2, 0) is 4.79 Å². The summed E-state index contributed by atoms with van der Waals surface area (Å²) < 4.78 is 0. The lowest BCUT2D eigenvalue weighted by Crippen LogP contribution is -2.52. The second-order valence-corrected chi connectivity index (χ2v) is 4.07. The molecule has 0 aromatic carbocycles. The molecule has 15 heavy (non-hydrogen) atoms. The van der Waals surface area contributed by atoms with Crippen LogP contribution < -0.4 is 5.73 Å². The van der Waals surface area contributed by atoms with Crippen LogP contribution in [0, 0.1) is 0 Å². The van der Waals surface area contributed by atoms with E-state index in [-0.39, 0.29) is 11.9 Å². The van der Waals surface area contributed by atoms with Gasteiger partial charge in [-0.25, -0.2) is 0 Å². The normalized spacial score (nSPS) is 18.5. The Morgan fingerprint density at radius 1 is 1.20 bits per heavy atom. The number of carbonyl (C=O) groups excluding carboxylic acids is 1. The average molecular weight is 212 g/mol. The largest absolute Gasteiger partial charge is 0.370 e. The zero-order valence-electron chi connectivity index (χ0n) is 9.73. The topological polar surface area (TPSA) is 61.9 Å². The molecule has 1 saturated heterocycles. The first kappa shape index (κ1) is 11.8. The maximum Gasteiger partial charge on any atom is 0.219 e. The Bertz CT molecular complexity index is 254. The smallest absolute Gasteiger partial charge is 0.219 e. The van der Waals surface area contributed by atoms with Crippen molar-refractivity contribution in [3.63, 3.8) is 0 Å². The predicted molar refractivity (Wildman–Crippen MR) is 60.6 cm³/mol. The highest BCUT2D eigenvalue weighted by Gasteiger charge is 2.19. The number of amides is 1. The molecular weight excluding hydrogens is 192 g/mol. The van der Waals surface area contributed by atoms with E-state index in [0.717, 1.165) is 26.2 Å². The van der Waals surface area contributed by atoms with Crippen molar-refractivity contribution in [1.29, 1.82) is 0 Å². The highest BCUT2D eigenvalue weighted by Crippen LogP contribution is 2.02. The van der Waals surface area contributed by atoms with Crippen molar-refractivity contribution >= 4 is 11.9 Å². The molecule has 1 heterocycles. The molecule has 0 aromatic rings. The Hall–Kier alpha value is -1.26. The summed E-state index contributed by atoms with van der Waals surface area (Å²) in [6.45, 7) is 8.63. The fourth-order valence-corrected chi connectivity index (χ4v) is 1.60. The van der Waals surface area contributed by atoms with Gasteiger partial charge >= 0.3 is 0 Å². The van der Waals surface area contributed by atoms with Crippen LogP contribution in [0.15, 0.2) is 4.99 Å². The average Bonchev–Trinajstić information content (AvgIpc) is 2.17. The highest BCUT2D eigenvalue weighted by atomic mass is 16.2. The first-order chi connectivity index (χ1) is 7.00. The second-order valence-electron chi connectivity index (χ2n) is 4.07. The van der Waals surface area contributed by atoms with E-state index in [2.05, 4.69) is 4.99 Å². The SMILES string of the molecule is CC(=O)N1CCN(C(N)=NC(C)C)CC1. The number of nitrogens with two attached hydrogens (primary N) is 1. The maximum atomic E-state index is 11.1. The van der Waals surface area contributed by atoms with Crippen molar-refractivity contribution in [3.8, 4) is 0 Å². The quantitative estimate of drug-likeness (QED) is 0.486. The van der Waals surface area contributed by atoms with Gasteiger partial charge in [-0.3, -0.25) is 9.79 Å². The lowest BCUT2D eigenvalue weighted by molar-refractivity contribution is -0.130. The van der Waals surface area contributed by atoms with Gasteiger partial charge in [0, 0.05) is 39.1 Å². The first-order valence-electron chi connectivity index (χ1n) is 5.34. The molecule has 86 valence electrons. The van der Waals surface area contributed by atoms with Crippen LogP contribution in [0.4, 0.5) is 0 Å². The number of guanidine groups is 1. The van der Waals surface area contributed by atoms with Crippen molar-refractivity contribution in [2.24, 2.45) is 10.7 Å². The summed E-state index contributed by atoms with van der Waals surface area (Å²) in [5, 5.41) is 0. The zero-order chi connectivity index (χ0) is 11.4. The number of aliphatic imine (C=N–C) groups is 1. The Labute approximate surface area is 90.9 Å². The molecule has 5 nitrogen and oxygen atoms in total. The van der Waals surface area contributed by atoms with Gasteiger partial charge < -0.3 is 15.5 Å². The molecule has 1 aliphatic rings. The van der Waals surface area contributed by atoms with Gasteiger partial charge in [-0.15, -0.1) is 0 Å². The molecule has 1 rings (SSSR count). The van der Waals surface area contributed by atoms with Gasteiger partial charge in [-0.2, -0.15) is 0 Å². The molecule has 0 unspecified atom stereocenters. The predicted octanol–water partition coefficient (Wildman–Crippen LogP) is -0.126. The maximum absolute atomic E-state index is 11.1. The Balaban J connectivity index is 2.47. The highest BCUT2D eigenvalue weighted by molar-refractivity contribution is 5.79. The Kier molecular flexibility index (Phi) is 3.94. The minimum Gasteiger partial charge on any atom is -0.370 e. The van der Waals surface area contributed by atoms with Gasteiger partial charge in [0.1, 0.15) is 0 Å². The Morgan fingerprint density at radius 3 is 2.07 bits per heavy atom. The zero-order valence-corrected chi connectivity index (χ0v) is 9.73. The summed E-state index contributed by atoms with van der Waals surface area (Å²) in [6, 6.07) is 0.218. The molecule has 0 aromatic heterocycles. The minimum atomic E-state index is 0.133. The molecule has 1 aliphatic heterocycles. The summed E-state index contributed by atoms with van der Waals surface area (Å²) in [6.07, 6.45) is 0. The van der Waals surface area contributed by atoms with E-state index in [1.807, 2.05) is 23.6 Å². The van der Waals surface area contributed by atoms with E-state index in [4.69, 9.17) is 5.73 Å². The molecule has 0 spiro atoms. The molecule has 2 N–H and O–H groups in total. The molecule has 0 saturated carbocycles. The van der Waals surface area contributed by atoms with Crippen LogP contribution in [0.5, 0.6) is 0 Å². The van der Waals surface area contributed by atoms with Crippen LogP contribution in [0.3, 0.4) is 0 Å². The number of nitrogens with zero attached hydrogens (tertiary/aromatic N) is 3. The van der Waals surface area contributed by atoms with Gasteiger partial charge in [-0.05, 0) is 13.8 Å². The van der Waals surface area contributed by atoms with E-state index in [0.29, 0.717) is 5.96 Å². The molecule has 1 fully saturated rings. The minimum absolute atomic E-state index is 0.133. The molecule has 5 heteroatoms. The van der Waals surface area contributed by atoms with E-state index >= 15 is 0 Å². The first-order valence-corrected chi connectivity index (χ1v) is 5.34. The number of piperazine rings is 1. The third kappa shape index (κ3) is 3.42. The summed E-state index contributed by atoms with van der Waals surface area (Å²) in [5.41, 5.74) is 5.84. The second kappa shape index (κ2) is 5.00. The van der Waals surface area contributed by atoms with Gasteiger partial charge in [0.05, 0.1) is 0 Å². The lowest BCUT2D eigenvalue weighted by atomic mass is 10.3. The molecular formula is C10H20N4O. The molecule has 1 amide bonds. The molecule has 0 aliphatic carbocycles. The van der Waals surface area contributed by atoms with Crippen LogP contribution >= 0.6 is 0 Å². The lowest BCUT2D eigenvalue weighted by Gasteiger charge is -2.34. The fourth-order valence-electron chi connectivity index (χ4n) is 1.60. The fraction of sp³-hybridized carbons (Fsp3) is 0.800. The number of hydrogen-bond donors (Lipinski definition) is 1. The van der Waals surface area contributed by atoms with E-state index in [1.165, 1.54) is 0 Å². The third-order valence-corrected chi connectivity index (χ3v) is 2.44. The van der Waals surface area contributed by atoms with Crippen molar-refractivity contribution in [1.82, 2.24) is 9.80 Å². The standard InChI is InChI=1S/C10H20N4O/c1-8(2)12-10(11)14-6-4-13(5-7-14)9(3)15/h8H,4-7H2,1-3H3,(H2,11,12). The van der Waals surface area contributed by atoms with Crippen LogP contribution in [0.25, 0.3) is 0 Å². The van der Waals surface area contributed by atoms with E-state index in [1.54, 1.807) is 6.92 Å². The summed E-state index contributed by atoms with van der Waals surface area (Å²) in [4.78, 5) is 19.2. The monoisotopic (exact) mass is 212 g/mol. The van der Waals surface area contributed by atoms with Crippen molar-refractivity contribution in [2.45, 2.75) is 26.8 Å². The number of carbonyl (C=O) groups is 1. The molecule has 0 atom stereocenters. The molecule has 0 bridgehead atoms. The van der Waals surface area contributed by atoms with Crippen molar-refractivity contribution in [2.75, 3.05) is 26.2 Å². The van der Waals surface area contributed by atoms with Crippen LogP contribution in [-0.4, -0.2) is 53.9 Å². The summed E-state index contributed by atoms with van der Waals surface area (Å²) in [7, 11) is 0. The van der Waals surface area contributed by atoms with Crippen LogP contribution in [0.1, 0.15) is 20.8 Å². The van der Waals surface area contributed by atoms with Gasteiger partial charge in [0.25, 0.3) is 0 Å². The third-order valence-electron chi connectivity index (χ3n) is 2.44. The summed E-state index contributed by atoms with van der Waals surface area (Å²) >= 11 is 0. The van der Waals surface area contributed by atoms with Gasteiger partial charge in [0.15, 0.2) is 5.96 Å². The van der Waals surface area contributed by atoms with E-state index < -0.39 is 0 Å². The van der Waals surface area contributed by atoms with Gasteiger partial charge in [-0.1, -0.05) is 0 Å². The van der Waals surface area contributed by atoms with Gasteiger partial charge in [0.2, 0.25) is 5.91 Å². The van der Waals surface area contributed by atoms with E-state index in [9.17, 15) is 4.79 Å². The number of hydrogen-bond acceptors (Lipinski definition) is 2. The Morgan fingerprint density at radius 2 is 1.67 bits per heavy atom. The van der Waals surface area contributed by atoms with Crippen molar-refractivity contribution < 1.29 is 4.79 Å². The van der Waals surface area contributed by atoms with Crippen molar-refractivity contribution in [3.05, 3.63) is 0 Å².